The average molecular weight is 332 g/mol. The number of amides is 1. The number of H-pyrrole nitrogens is 1. The number of nitrogens with zero attached hydrogens (tertiary/aromatic N) is 1. The van der Waals surface area contributed by atoms with Gasteiger partial charge in [0.1, 0.15) is 0 Å². The normalized spacial score (nSPS) is 16.7. The molecule has 5 heteroatoms. The van der Waals surface area contributed by atoms with Crippen LogP contribution in [0.25, 0.3) is 11.1 Å². The van der Waals surface area contributed by atoms with Crippen LogP contribution in [-0.4, -0.2) is 29.2 Å². The van der Waals surface area contributed by atoms with Crippen molar-refractivity contribution < 1.29 is 4.79 Å². The summed E-state index contributed by atoms with van der Waals surface area (Å²) in [4.78, 5) is 12.8. The maximum Gasteiger partial charge on any atom is 0.255 e. The monoisotopic (exact) mass is 332 g/mol. The van der Waals surface area contributed by atoms with Crippen LogP contribution in [0.1, 0.15) is 28.3 Å². The van der Waals surface area contributed by atoms with Crippen LogP contribution in [-0.2, 0) is 0 Å². The van der Waals surface area contributed by atoms with Crippen LogP contribution < -0.4 is 10.6 Å². The van der Waals surface area contributed by atoms with E-state index >= 15 is 0 Å². The zero-order valence-electron chi connectivity index (χ0n) is 13.8. The van der Waals surface area contributed by atoms with Gasteiger partial charge in [-0.2, -0.15) is 5.10 Å². The molecule has 1 amide bonds. The average Bonchev–Trinajstić information content (AvgIpc) is 3.36. The molecule has 0 bridgehead atoms. The first kappa shape index (κ1) is 15.6. The van der Waals surface area contributed by atoms with E-state index in [9.17, 15) is 4.79 Å². The summed E-state index contributed by atoms with van der Waals surface area (Å²) < 4.78 is 0. The zero-order valence-corrected chi connectivity index (χ0v) is 13.8. The fourth-order valence-corrected chi connectivity index (χ4v) is 3.33. The number of aromatic nitrogens is 2. The zero-order chi connectivity index (χ0) is 17.1. The molecule has 0 saturated carbocycles. The lowest BCUT2D eigenvalue weighted by Gasteiger charge is -2.14. The molecule has 5 nitrogen and oxygen atoms in total. The Hall–Kier alpha value is -2.92. The van der Waals surface area contributed by atoms with Gasteiger partial charge in [0.25, 0.3) is 5.91 Å². The van der Waals surface area contributed by atoms with Crippen molar-refractivity contribution in [3.8, 4) is 11.1 Å². The third-order valence-electron chi connectivity index (χ3n) is 4.68. The highest BCUT2D eigenvalue weighted by Gasteiger charge is 2.22. The van der Waals surface area contributed by atoms with E-state index in [1.165, 1.54) is 0 Å². The molecule has 1 aromatic heterocycles. The van der Waals surface area contributed by atoms with Crippen molar-refractivity contribution in [1.82, 2.24) is 15.5 Å². The Bertz CT molecular complexity index is 850. The largest absolute Gasteiger partial charge is 0.322 e. The van der Waals surface area contributed by atoms with Gasteiger partial charge in [0.05, 0.1) is 6.20 Å². The van der Waals surface area contributed by atoms with Gasteiger partial charge in [-0.25, -0.2) is 0 Å². The Labute approximate surface area is 146 Å². The molecule has 1 atom stereocenters. The maximum atomic E-state index is 12.8. The van der Waals surface area contributed by atoms with Gasteiger partial charge in [-0.1, -0.05) is 30.3 Å². The second-order valence-electron chi connectivity index (χ2n) is 6.30. The molecule has 3 N–H and O–H groups in total. The number of carbonyl (C=O) groups excluding carboxylic acids is 1. The van der Waals surface area contributed by atoms with E-state index in [1.807, 2.05) is 48.7 Å². The number of nitrogens with one attached hydrogen (secondary N) is 3. The van der Waals surface area contributed by atoms with Crippen LogP contribution in [0.5, 0.6) is 0 Å². The standard InChI is InChI=1S/C20H20N4O/c25-20(19-4-2-1-3-18(19)15-9-10-21-11-15)24-17-7-5-14(6-8-17)16-12-22-23-13-16/h1-8,12-13,15,21H,9-11H2,(H,22,23)(H,24,25)/t15-/m1/s1. The van der Waals surface area contributed by atoms with Gasteiger partial charge < -0.3 is 10.6 Å². The van der Waals surface area contributed by atoms with Gasteiger partial charge in [0, 0.05) is 29.6 Å². The lowest BCUT2D eigenvalue weighted by Crippen LogP contribution is -2.17. The third-order valence-corrected chi connectivity index (χ3v) is 4.68. The molecule has 126 valence electrons. The van der Waals surface area contributed by atoms with E-state index in [0.29, 0.717) is 5.92 Å². The Morgan fingerprint density at radius 1 is 1.08 bits per heavy atom. The minimum absolute atomic E-state index is 0.0569. The van der Waals surface area contributed by atoms with Gasteiger partial charge in [0.2, 0.25) is 0 Å². The van der Waals surface area contributed by atoms with E-state index in [0.717, 1.165) is 47.5 Å². The lowest BCUT2D eigenvalue weighted by atomic mass is 9.93. The van der Waals surface area contributed by atoms with Crippen LogP contribution >= 0.6 is 0 Å². The van der Waals surface area contributed by atoms with Gasteiger partial charge >= 0.3 is 0 Å². The highest BCUT2D eigenvalue weighted by Crippen LogP contribution is 2.26. The van der Waals surface area contributed by atoms with Crippen molar-refractivity contribution in [3.05, 3.63) is 72.1 Å². The van der Waals surface area contributed by atoms with Crippen molar-refractivity contribution in [2.75, 3.05) is 18.4 Å². The smallest absolute Gasteiger partial charge is 0.255 e. The van der Waals surface area contributed by atoms with Crippen molar-refractivity contribution >= 4 is 11.6 Å². The molecule has 1 aliphatic heterocycles. The first-order valence-corrected chi connectivity index (χ1v) is 8.51. The minimum Gasteiger partial charge on any atom is -0.322 e. The van der Waals surface area contributed by atoms with Gasteiger partial charge in [-0.3, -0.25) is 9.89 Å². The summed E-state index contributed by atoms with van der Waals surface area (Å²) in [6.07, 6.45) is 4.70. The SMILES string of the molecule is O=C(Nc1ccc(-c2cn[nH]c2)cc1)c1ccccc1[C@@H]1CCNC1. The summed E-state index contributed by atoms with van der Waals surface area (Å²) in [6.45, 7) is 1.94. The van der Waals surface area contributed by atoms with Crippen LogP contribution in [0.3, 0.4) is 0 Å². The first-order chi connectivity index (χ1) is 12.3. The summed E-state index contributed by atoms with van der Waals surface area (Å²) in [5.41, 5.74) is 4.76. The summed E-state index contributed by atoms with van der Waals surface area (Å²) in [6, 6.07) is 15.7. The Morgan fingerprint density at radius 2 is 1.92 bits per heavy atom. The highest BCUT2D eigenvalue weighted by molar-refractivity contribution is 6.05. The van der Waals surface area contributed by atoms with Crippen LogP contribution in [0.2, 0.25) is 0 Å². The molecule has 4 rings (SSSR count). The van der Waals surface area contributed by atoms with Crippen LogP contribution in [0.15, 0.2) is 60.9 Å². The summed E-state index contributed by atoms with van der Waals surface area (Å²) in [7, 11) is 0. The maximum absolute atomic E-state index is 12.8. The van der Waals surface area contributed by atoms with E-state index < -0.39 is 0 Å². The van der Waals surface area contributed by atoms with Crippen LogP contribution in [0, 0.1) is 0 Å². The topological polar surface area (TPSA) is 69.8 Å². The fourth-order valence-electron chi connectivity index (χ4n) is 3.33. The van der Waals surface area contributed by atoms with E-state index in [1.54, 1.807) is 6.20 Å². The lowest BCUT2D eigenvalue weighted by molar-refractivity contribution is 0.102. The third kappa shape index (κ3) is 3.32. The Balaban J connectivity index is 1.52. The van der Waals surface area contributed by atoms with Crippen molar-refractivity contribution in [1.29, 1.82) is 0 Å². The predicted octanol–water partition coefficient (Wildman–Crippen LogP) is 3.41. The fraction of sp³-hybridized carbons (Fsp3) is 0.200. The number of hydrogen-bond acceptors (Lipinski definition) is 3. The molecule has 0 spiro atoms. The van der Waals surface area contributed by atoms with E-state index in [4.69, 9.17) is 0 Å². The quantitative estimate of drug-likeness (QED) is 0.686. The molecule has 0 radical (unpaired) electrons. The molecule has 1 saturated heterocycles. The Kier molecular flexibility index (Phi) is 4.31. The molecule has 3 aromatic rings. The highest BCUT2D eigenvalue weighted by atomic mass is 16.1. The number of aromatic amines is 1. The van der Waals surface area contributed by atoms with Crippen molar-refractivity contribution in [2.45, 2.75) is 12.3 Å². The number of benzene rings is 2. The summed E-state index contributed by atoms with van der Waals surface area (Å²) in [5.74, 6) is 0.351. The molecule has 25 heavy (non-hydrogen) atoms. The van der Waals surface area contributed by atoms with Gasteiger partial charge in [-0.05, 0) is 48.2 Å². The molecule has 1 aliphatic rings. The molecule has 2 aromatic carbocycles. The number of carbonyl (C=O) groups is 1. The van der Waals surface area contributed by atoms with Crippen molar-refractivity contribution in [3.63, 3.8) is 0 Å². The molecule has 2 heterocycles. The molecular formula is C20H20N4O. The number of rotatable bonds is 4. The van der Waals surface area contributed by atoms with E-state index in [-0.39, 0.29) is 5.91 Å². The Morgan fingerprint density at radius 3 is 2.64 bits per heavy atom. The molecule has 0 aliphatic carbocycles. The molecule has 1 fully saturated rings. The van der Waals surface area contributed by atoms with E-state index in [2.05, 4.69) is 26.9 Å². The molecule has 0 unspecified atom stereocenters. The summed E-state index contributed by atoms with van der Waals surface area (Å²) >= 11 is 0. The van der Waals surface area contributed by atoms with Gasteiger partial charge in [-0.15, -0.1) is 0 Å². The second-order valence-corrected chi connectivity index (χ2v) is 6.30. The number of anilines is 1. The van der Waals surface area contributed by atoms with Gasteiger partial charge in [0.15, 0.2) is 0 Å². The number of hydrogen-bond donors (Lipinski definition) is 3. The minimum atomic E-state index is -0.0569. The van der Waals surface area contributed by atoms with Crippen LogP contribution in [0.4, 0.5) is 5.69 Å². The van der Waals surface area contributed by atoms with Crippen molar-refractivity contribution in [2.24, 2.45) is 0 Å². The molecular weight excluding hydrogens is 312 g/mol. The predicted molar refractivity (Wildman–Crippen MR) is 98.6 cm³/mol. The second kappa shape index (κ2) is 6.91. The first-order valence-electron chi connectivity index (χ1n) is 8.51. The summed E-state index contributed by atoms with van der Waals surface area (Å²) in [5, 5.41) is 13.1.